The number of hydrogen-bond donors (Lipinski definition) is 0. The zero-order chi connectivity index (χ0) is 24.0. The van der Waals surface area contributed by atoms with E-state index < -0.39 is 6.61 Å². The van der Waals surface area contributed by atoms with E-state index in [2.05, 4.69) is 16.9 Å². The minimum atomic E-state index is -3.04. The van der Waals surface area contributed by atoms with E-state index in [4.69, 9.17) is 9.72 Å². The average Bonchev–Trinajstić information content (AvgIpc) is 3.37. The van der Waals surface area contributed by atoms with Crippen LogP contribution in [0.4, 0.5) is 8.78 Å². The van der Waals surface area contributed by atoms with Gasteiger partial charge in [0.2, 0.25) is 0 Å². The number of nitrogens with zero attached hydrogens (tertiary/aromatic N) is 5. The number of hydrogen-bond acceptors (Lipinski definition) is 4. The molecule has 2 aromatic carbocycles. The summed E-state index contributed by atoms with van der Waals surface area (Å²) in [6.07, 6.45) is 4.08. The van der Waals surface area contributed by atoms with Gasteiger partial charge >= 0.3 is 6.61 Å². The van der Waals surface area contributed by atoms with Crippen molar-refractivity contribution in [3.05, 3.63) is 71.3 Å². The summed E-state index contributed by atoms with van der Waals surface area (Å²) in [5.41, 5.74) is 3.33. The van der Waals surface area contributed by atoms with E-state index in [9.17, 15) is 13.6 Å². The van der Waals surface area contributed by atoms with Gasteiger partial charge in [-0.15, -0.1) is 0 Å². The summed E-state index contributed by atoms with van der Waals surface area (Å²) in [6.45, 7) is -1.08. The van der Waals surface area contributed by atoms with Crippen molar-refractivity contribution < 1.29 is 18.3 Å². The summed E-state index contributed by atoms with van der Waals surface area (Å²) in [4.78, 5) is 19.7. The molecule has 0 unspecified atom stereocenters. The molecule has 0 saturated carbocycles. The van der Waals surface area contributed by atoms with Gasteiger partial charge in [-0.1, -0.05) is 24.8 Å². The van der Waals surface area contributed by atoms with Gasteiger partial charge in [0, 0.05) is 25.9 Å². The highest BCUT2D eigenvalue weighted by Gasteiger charge is 2.35. The molecule has 0 fully saturated rings. The molecule has 3 heterocycles. The first-order valence-electron chi connectivity index (χ1n) is 10.8. The van der Waals surface area contributed by atoms with Crippen molar-refractivity contribution in [2.45, 2.75) is 26.0 Å². The van der Waals surface area contributed by atoms with Crippen LogP contribution in [0.3, 0.4) is 0 Å². The summed E-state index contributed by atoms with van der Waals surface area (Å²) >= 11 is 0. The standard InChI is InChI=1S/C25H21F2N5O2/c1-4-19-23-29-18-11-10-15(8-9-16-13-28-30(2)14-16)12-20(18)32(23)22-17(24(33)31(19)3)6-5-7-21(22)34-25(26)27/h5-7,10-14,19,25H,4H2,1-3H3/t19-/m1/s1. The van der Waals surface area contributed by atoms with Crippen LogP contribution in [0.25, 0.3) is 16.7 Å². The molecule has 1 aliphatic heterocycles. The Morgan fingerprint density at radius 2 is 1.94 bits per heavy atom. The number of amides is 1. The third-order valence-corrected chi connectivity index (χ3v) is 5.88. The molecule has 0 radical (unpaired) electrons. The van der Waals surface area contributed by atoms with Crippen LogP contribution in [0.5, 0.6) is 5.75 Å². The second-order valence-electron chi connectivity index (χ2n) is 8.03. The van der Waals surface area contributed by atoms with E-state index in [0.717, 1.165) is 5.56 Å². The average molecular weight is 461 g/mol. The molecule has 1 atom stereocenters. The maximum atomic E-state index is 13.3. The molecule has 5 rings (SSSR count). The number of benzene rings is 2. The molecule has 1 amide bonds. The fourth-order valence-corrected chi connectivity index (χ4v) is 4.34. The second kappa shape index (κ2) is 8.30. The molecular weight excluding hydrogens is 440 g/mol. The molecule has 1 aliphatic rings. The fourth-order valence-electron chi connectivity index (χ4n) is 4.34. The predicted molar refractivity (Wildman–Crippen MR) is 122 cm³/mol. The number of halogens is 2. The van der Waals surface area contributed by atoms with Gasteiger partial charge in [0.15, 0.2) is 5.75 Å². The lowest BCUT2D eigenvalue weighted by Crippen LogP contribution is -2.30. The fraction of sp³-hybridized carbons (Fsp3) is 0.240. The number of fused-ring (bicyclic) bond motifs is 5. The Hall–Kier alpha value is -4.19. The number of para-hydroxylation sites is 1. The number of ether oxygens (including phenoxy) is 1. The molecule has 0 N–H and O–H groups in total. The maximum absolute atomic E-state index is 13.3. The molecule has 9 heteroatoms. The van der Waals surface area contributed by atoms with Crippen LogP contribution in [0.1, 0.15) is 46.7 Å². The molecule has 0 spiro atoms. The Balaban J connectivity index is 1.77. The summed E-state index contributed by atoms with van der Waals surface area (Å²) in [5.74, 6) is 6.40. The van der Waals surface area contributed by atoms with Crippen molar-refractivity contribution in [1.29, 1.82) is 0 Å². The lowest BCUT2D eigenvalue weighted by atomic mass is 10.1. The predicted octanol–water partition coefficient (Wildman–Crippen LogP) is 4.30. The molecule has 2 aromatic heterocycles. The normalized spacial score (nSPS) is 15.1. The SMILES string of the molecule is CC[C@@H]1c2nc3ccc(C#Cc4cnn(C)c4)cc3n2-c2c(OC(F)F)cccc2C(=O)N1C. The molecule has 0 aliphatic carbocycles. The molecule has 4 aromatic rings. The van der Waals surface area contributed by atoms with Gasteiger partial charge in [0.1, 0.15) is 11.5 Å². The van der Waals surface area contributed by atoms with Crippen LogP contribution < -0.4 is 4.74 Å². The Kier molecular flexibility index (Phi) is 5.28. The number of imidazole rings is 1. The zero-order valence-corrected chi connectivity index (χ0v) is 18.8. The monoisotopic (exact) mass is 461 g/mol. The topological polar surface area (TPSA) is 65.2 Å². The molecular formula is C25H21F2N5O2. The van der Waals surface area contributed by atoms with Crippen LogP contribution in [0.2, 0.25) is 0 Å². The van der Waals surface area contributed by atoms with Gasteiger partial charge in [0.25, 0.3) is 5.91 Å². The lowest BCUT2D eigenvalue weighted by Gasteiger charge is -2.24. The quantitative estimate of drug-likeness (QED) is 0.427. The molecule has 34 heavy (non-hydrogen) atoms. The Morgan fingerprint density at radius 3 is 2.65 bits per heavy atom. The van der Waals surface area contributed by atoms with Crippen molar-refractivity contribution >= 4 is 16.9 Å². The Morgan fingerprint density at radius 1 is 1.15 bits per heavy atom. The molecule has 0 bridgehead atoms. The van der Waals surface area contributed by atoms with Gasteiger partial charge < -0.3 is 9.64 Å². The summed E-state index contributed by atoms with van der Waals surface area (Å²) in [7, 11) is 3.51. The highest BCUT2D eigenvalue weighted by Crippen LogP contribution is 2.40. The van der Waals surface area contributed by atoms with Crippen LogP contribution in [-0.2, 0) is 7.05 Å². The van der Waals surface area contributed by atoms with E-state index in [-0.39, 0.29) is 28.9 Å². The Labute approximate surface area is 194 Å². The zero-order valence-electron chi connectivity index (χ0n) is 18.8. The van der Waals surface area contributed by atoms with Crippen molar-refractivity contribution in [3.8, 4) is 23.3 Å². The van der Waals surface area contributed by atoms with Gasteiger partial charge in [-0.3, -0.25) is 14.0 Å². The van der Waals surface area contributed by atoms with Crippen molar-refractivity contribution in [3.63, 3.8) is 0 Å². The first kappa shape index (κ1) is 21.6. The smallest absolute Gasteiger partial charge is 0.387 e. The summed E-state index contributed by atoms with van der Waals surface area (Å²) < 4.78 is 34.8. The number of alkyl halides is 2. The number of carbonyl (C=O) groups excluding carboxylic acids is 1. The van der Waals surface area contributed by atoms with Gasteiger partial charge in [0.05, 0.1) is 34.4 Å². The number of aryl methyl sites for hydroxylation is 1. The van der Waals surface area contributed by atoms with Crippen molar-refractivity contribution in [2.24, 2.45) is 7.05 Å². The van der Waals surface area contributed by atoms with E-state index >= 15 is 0 Å². The van der Waals surface area contributed by atoms with E-state index in [1.165, 1.54) is 12.1 Å². The minimum absolute atomic E-state index is 0.0848. The number of carbonyl (C=O) groups is 1. The number of aromatic nitrogens is 4. The first-order valence-corrected chi connectivity index (χ1v) is 10.8. The summed E-state index contributed by atoms with van der Waals surface area (Å²) in [5, 5.41) is 4.12. The van der Waals surface area contributed by atoms with E-state index in [0.29, 0.717) is 28.8 Å². The maximum Gasteiger partial charge on any atom is 0.387 e. The van der Waals surface area contributed by atoms with Crippen molar-refractivity contribution in [1.82, 2.24) is 24.2 Å². The van der Waals surface area contributed by atoms with Crippen LogP contribution in [0.15, 0.2) is 48.8 Å². The summed E-state index contributed by atoms with van der Waals surface area (Å²) in [6, 6.07) is 9.79. The highest BCUT2D eigenvalue weighted by atomic mass is 19.3. The van der Waals surface area contributed by atoms with Gasteiger partial charge in [-0.2, -0.15) is 13.9 Å². The number of rotatable bonds is 3. The van der Waals surface area contributed by atoms with E-state index in [1.807, 2.05) is 38.4 Å². The van der Waals surface area contributed by atoms with Gasteiger partial charge in [-0.05, 0) is 36.8 Å². The van der Waals surface area contributed by atoms with E-state index in [1.54, 1.807) is 33.5 Å². The first-order chi connectivity index (χ1) is 16.4. The largest absolute Gasteiger partial charge is 0.433 e. The molecule has 172 valence electrons. The van der Waals surface area contributed by atoms with Gasteiger partial charge in [-0.25, -0.2) is 4.98 Å². The Bertz CT molecular complexity index is 1480. The third-order valence-electron chi connectivity index (χ3n) is 5.88. The highest BCUT2D eigenvalue weighted by molar-refractivity contribution is 6.00. The van der Waals surface area contributed by atoms with Crippen LogP contribution >= 0.6 is 0 Å². The minimum Gasteiger partial charge on any atom is -0.433 e. The lowest BCUT2D eigenvalue weighted by molar-refractivity contribution is -0.0498. The van der Waals surface area contributed by atoms with Crippen LogP contribution in [0, 0.1) is 11.8 Å². The van der Waals surface area contributed by atoms with Crippen molar-refractivity contribution in [2.75, 3.05) is 7.05 Å². The van der Waals surface area contributed by atoms with Crippen LogP contribution in [-0.4, -0.2) is 43.8 Å². The second-order valence-corrected chi connectivity index (χ2v) is 8.03. The molecule has 0 saturated heterocycles. The third kappa shape index (κ3) is 3.57. The molecule has 7 nitrogen and oxygen atoms in total.